The molecule has 4 nitrogen and oxygen atoms in total. The topological polar surface area (TPSA) is 46.9 Å². The molecule has 0 fully saturated rings. The van der Waals surface area contributed by atoms with E-state index in [-0.39, 0.29) is 5.91 Å². The van der Waals surface area contributed by atoms with Crippen molar-refractivity contribution < 1.29 is 4.79 Å². The van der Waals surface area contributed by atoms with Crippen LogP contribution in [0.1, 0.15) is 28.2 Å². The number of aromatic nitrogens is 2. The molecule has 1 aromatic heterocycles. The lowest BCUT2D eigenvalue weighted by atomic mass is 10.1. The van der Waals surface area contributed by atoms with Crippen LogP contribution in [-0.4, -0.2) is 22.2 Å². The zero-order valence-electron chi connectivity index (χ0n) is 7.92. The van der Waals surface area contributed by atoms with Crippen molar-refractivity contribution in [1.82, 2.24) is 15.1 Å². The number of nitrogens with zero attached hydrogens (tertiary/aromatic N) is 2. The smallest absolute Gasteiger partial charge is 0.255 e. The number of hydrogen-bond acceptors (Lipinski definition) is 2. The van der Waals surface area contributed by atoms with Crippen LogP contribution < -0.4 is 5.32 Å². The Morgan fingerprint density at radius 2 is 2.31 bits per heavy atom. The van der Waals surface area contributed by atoms with Crippen LogP contribution in [0.5, 0.6) is 0 Å². The molecule has 0 saturated carbocycles. The predicted octanol–water partition coefficient (Wildman–Crippen LogP) is 0.405. The molecule has 2 heterocycles. The Bertz CT molecular complexity index is 354. The minimum absolute atomic E-state index is 0.0260. The van der Waals surface area contributed by atoms with Gasteiger partial charge in [0.15, 0.2) is 0 Å². The van der Waals surface area contributed by atoms with Crippen LogP contribution in [0.15, 0.2) is 0 Å². The maximum Gasteiger partial charge on any atom is 0.255 e. The number of carbonyl (C=O) groups is 1. The van der Waals surface area contributed by atoms with E-state index in [4.69, 9.17) is 0 Å². The van der Waals surface area contributed by atoms with Crippen molar-refractivity contribution in [3.63, 3.8) is 0 Å². The zero-order chi connectivity index (χ0) is 9.42. The van der Waals surface area contributed by atoms with Gasteiger partial charge in [0, 0.05) is 19.3 Å². The number of amides is 1. The van der Waals surface area contributed by atoms with Gasteiger partial charge in [0.1, 0.15) is 0 Å². The first-order valence-electron chi connectivity index (χ1n) is 4.51. The Balaban J connectivity index is 2.54. The van der Waals surface area contributed by atoms with Crippen molar-refractivity contribution in [2.24, 2.45) is 7.05 Å². The Kier molecular flexibility index (Phi) is 1.83. The maximum absolute atomic E-state index is 11.6. The lowest BCUT2D eigenvalue weighted by Crippen LogP contribution is -2.23. The summed E-state index contributed by atoms with van der Waals surface area (Å²) in [5, 5.41) is 7.18. The fourth-order valence-electron chi connectivity index (χ4n) is 1.69. The third-order valence-corrected chi connectivity index (χ3v) is 2.51. The fourth-order valence-corrected chi connectivity index (χ4v) is 1.69. The molecule has 0 atom stereocenters. The third-order valence-electron chi connectivity index (χ3n) is 2.51. The van der Waals surface area contributed by atoms with Crippen LogP contribution in [0.4, 0.5) is 0 Å². The molecule has 0 radical (unpaired) electrons. The van der Waals surface area contributed by atoms with Gasteiger partial charge in [-0.3, -0.25) is 9.48 Å². The van der Waals surface area contributed by atoms with Crippen molar-refractivity contribution in [2.75, 3.05) is 6.54 Å². The van der Waals surface area contributed by atoms with E-state index in [2.05, 4.69) is 10.4 Å². The second kappa shape index (κ2) is 2.87. The highest BCUT2D eigenvalue weighted by molar-refractivity contribution is 5.96. The van der Waals surface area contributed by atoms with Gasteiger partial charge in [-0.1, -0.05) is 0 Å². The zero-order valence-corrected chi connectivity index (χ0v) is 7.92. The molecule has 0 saturated heterocycles. The standard InChI is InChI=1S/C9H13N3O/c1-6-8-7(11-12(6)2)4-3-5-10-9(8)13/h3-5H2,1-2H3,(H,10,13). The summed E-state index contributed by atoms with van der Waals surface area (Å²) >= 11 is 0. The molecule has 0 bridgehead atoms. The number of aryl methyl sites for hydroxylation is 2. The highest BCUT2D eigenvalue weighted by atomic mass is 16.1. The van der Waals surface area contributed by atoms with E-state index in [9.17, 15) is 4.79 Å². The molecule has 0 aromatic carbocycles. The number of fused-ring (bicyclic) bond motifs is 1. The molecule has 1 aliphatic heterocycles. The van der Waals surface area contributed by atoms with Crippen molar-refractivity contribution in [2.45, 2.75) is 19.8 Å². The third kappa shape index (κ3) is 1.22. The molecular weight excluding hydrogens is 166 g/mol. The molecule has 4 heteroatoms. The second-order valence-electron chi connectivity index (χ2n) is 3.39. The van der Waals surface area contributed by atoms with E-state index in [1.807, 2.05) is 14.0 Å². The predicted molar refractivity (Wildman–Crippen MR) is 48.6 cm³/mol. The van der Waals surface area contributed by atoms with Crippen molar-refractivity contribution >= 4 is 5.91 Å². The van der Waals surface area contributed by atoms with Gasteiger partial charge >= 0.3 is 0 Å². The van der Waals surface area contributed by atoms with Gasteiger partial charge in [0.2, 0.25) is 0 Å². The van der Waals surface area contributed by atoms with Gasteiger partial charge in [0.25, 0.3) is 5.91 Å². The summed E-state index contributed by atoms with van der Waals surface area (Å²) in [5.74, 6) is 0.0260. The molecule has 13 heavy (non-hydrogen) atoms. The summed E-state index contributed by atoms with van der Waals surface area (Å²) < 4.78 is 1.77. The molecule has 0 spiro atoms. The molecule has 1 amide bonds. The first-order valence-corrected chi connectivity index (χ1v) is 4.51. The molecule has 0 aliphatic carbocycles. The molecule has 1 N–H and O–H groups in total. The van der Waals surface area contributed by atoms with Crippen LogP contribution in [0.3, 0.4) is 0 Å². The fraction of sp³-hybridized carbons (Fsp3) is 0.556. The van der Waals surface area contributed by atoms with Crippen molar-refractivity contribution in [1.29, 1.82) is 0 Å². The van der Waals surface area contributed by atoms with Crippen LogP contribution in [-0.2, 0) is 13.5 Å². The number of rotatable bonds is 0. The minimum Gasteiger partial charge on any atom is -0.352 e. The summed E-state index contributed by atoms with van der Waals surface area (Å²) in [5.41, 5.74) is 2.67. The summed E-state index contributed by atoms with van der Waals surface area (Å²) in [7, 11) is 1.87. The van der Waals surface area contributed by atoms with Crippen molar-refractivity contribution in [3.05, 3.63) is 17.0 Å². The minimum atomic E-state index is 0.0260. The van der Waals surface area contributed by atoms with Crippen LogP contribution in [0.2, 0.25) is 0 Å². The average molecular weight is 179 g/mol. The van der Waals surface area contributed by atoms with Gasteiger partial charge in [-0.05, 0) is 19.8 Å². The van der Waals surface area contributed by atoms with Crippen molar-refractivity contribution in [3.8, 4) is 0 Å². The molecule has 70 valence electrons. The molecular formula is C9H13N3O. The summed E-state index contributed by atoms with van der Waals surface area (Å²) in [6.07, 6.45) is 1.88. The van der Waals surface area contributed by atoms with Gasteiger partial charge in [-0.2, -0.15) is 5.10 Å². The van der Waals surface area contributed by atoms with E-state index in [1.54, 1.807) is 4.68 Å². The average Bonchev–Trinajstić information content (AvgIpc) is 2.29. The normalized spacial score (nSPS) is 16.3. The molecule has 0 unspecified atom stereocenters. The Hall–Kier alpha value is -1.32. The Morgan fingerprint density at radius 3 is 3.08 bits per heavy atom. The Labute approximate surface area is 76.9 Å². The first-order chi connectivity index (χ1) is 6.20. The van der Waals surface area contributed by atoms with E-state index in [1.165, 1.54) is 0 Å². The molecule has 1 aromatic rings. The Morgan fingerprint density at radius 1 is 1.54 bits per heavy atom. The molecule has 2 rings (SSSR count). The largest absolute Gasteiger partial charge is 0.352 e. The van der Waals surface area contributed by atoms with Crippen LogP contribution in [0.25, 0.3) is 0 Å². The van der Waals surface area contributed by atoms with Gasteiger partial charge in [-0.15, -0.1) is 0 Å². The van der Waals surface area contributed by atoms with Crippen LogP contribution in [0, 0.1) is 6.92 Å². The monoisotopic (exact) mass is 179 g/mol. The quantitative estimate of drug-likeness (QED) is 0.626. The SMILES string of the molecule is Cc1c2c(nn1C)CCCNC2=O. The van der Waals surface area contributed by atoms with E-state index >= 15 is 0 Å². The van der Waals surface area contributed by atoms with Crippen LogP contribution >= 0.6 is 0 Å². The van der Waals surface area contributed by atoms with E-state index in [0.29, 0.717) is 0 Å². The van der Waals surface area contributed by atoms with Gasteiger partial charge in [0.05, 0.1) is 11.3 Å². The summed E-state index contributed by atoms with van der Waals surface area (Å²) in [6.45, 7) is 2.69. The van der Waals surface area contributed by atoms with E-state index in [0.717, 1.165) is 36.3 Å². The maximum atomic E-state index is 11.6. The lowest BCUT2D eigenvalue weighted by molar-refractivity contribution is 0.0955. The number of hydrogen-bond donors (Lipinski definition) is 1. The molecule has 1 aliphatic rings. The lowest BCUT2D eigenvalue weighted by Gasteiger charge is -2.00. The van der Waals surface area contributed by atoms with E-state index < -0.39 is 0 Å². The highest BCUT2D eigenvalue weighted by Gasteiger charge is 2.21. The summed E-state index contributed by atoms with van der Waals surface area (Å²) in [4.78, 5) is 11.6. The van der Waals surface area contributed by atoms with Gasteiger partial charge < -0.3 is 5.32 Å². The number of nitrogens with one attached hydrogen (secondary N) is 1. The second-order valence-corrected chi connectivity index (χ2v) is 3.39. The highest BCUT2D eigenvalue weighted by Crippen LogP contribution is 2.16. The van der Waals surface area contributed by atoms with Gasteiger partial charge in [-0.25, -0.2) is 0 Å². The number of carbonyl (C=O) groups excluding carboxylic acids is 1. The summed E-state index contributed by atoms with van der Waals surface area (Å²) in [6, 6.07) is 0. The first kappa shape index (κ1) is 8.29.